The fourth-order valence-corrected chi connectivity index (χ4v) is 3.50. The molecule has 0 aliphatic carbocycles. The smallest absolute Gasteiger partial charge is 0.244 e. The summed E-state index contributed by atoms with van der Waals surface area (Å²) in [6.07, 6.45) is 3.57. The van der Waals surface area contributed by atoms with Gasteiger partial charge in [-0.15, -0.1) is 11.3 Å². The first-order chi connectivity index (χ1) is 11.5. The van der Waals surface area contributed by atoms with Gasteiger partial charge in [0, 0.05) is 35.8 Å². The molecule has 1 aromatic heterocycles. The molecule has 1 unspecified atom stereocenters. The summed E-state index contributed by atoms with van der Waals surface area (Å²) in [6, 6.07) is 10.1. The highest BCUT2D eigenvalue weighted by atomic mass is 32.1. The van der Waals surface area contributed by atoms with Crippen LogP contribution in [0.3, 0.4) is 0 Å². The monoisotopic (exact) mass is 344 g/mol. The molecule has 0 bridgehead atoms. The Morgan fingerprint density at radius 1 is 1.29 bits per heavy atom. The lowest BCUT2D eigenvalue weighted by atomic mass is 10.2. The summed E-state index contributed by atoms with van der Waals surface area (Å²) in [7, 11) is 1.73. The molecule has 1 fully saturated rings. The number of carbonyl (C=O) groups is 2. The third kappa shape index (κ3) is 3.89. The zero-order valence-electron chi connectivity index (χ0n) is 13.2. The summed E-state index contributed by atoms with van der Waals surface area (Å²) in [5.74, 6) is -0.422. The van der Waals surface area contributed by atoms with Crippen molar-refractivity contribution < 1.29 is 14.0 Å². The molecule has 1 aliphatic heterocycles. The number of likely N-dealkylation sites (tertiary alicyclic amines) is 1. The summed E-state index contributed by atoms with van der Waals surface area (Å²) in [6.45, 7) is 0.548. The number of hydrogen-bond acceptors (Lipinski definition) is 3. The van der Waals surface area contributed by atoms with Gasteiger partial charge in [-0.1, -0.05) is 12.1 Å². The third-order valence-corrected chi connectivity index (χ3v) is 4.94. The fraction of sp³-hybridized carbons (Fsp3) is 0.222. The van der Waals surface area contributed by atoms with Crippen molar-refractivity contribution in [3.63, 3.8) is 0 Å². The predicted molar refractivity (Wildman–Crippen MR) is 92.9 cm³/mol. The fourth-order valence-electron chi connectivity index (χ4n) is 2.58. The Kier molecular flexibility index (Phi) is 4.76. The van der Waals surface area contributed by atoms with Gasteiger partial charge in [0.15, 0.2) is 0 Å². The van der Waals surface area contributed by atoms with E-state index < -0.39 is 0 Å². The highest BCUT2D eigenvalue weighted by Crippen LogP contribution is 2.28. The highest BCUT2D eigenvalue weighted by Gasteiger charge is 2.27. The van der Waals surface area contributed by atoms with Crippen molar-refractivity contribution in [1.82, 2.24) is 10.2 Å². The van der Waals surface area contributed by atoms with Crippen LogP contribution in [-0.4, -0.2) is 36.3 Å². The maximum atomic E-state index is 13.0. The number of likely N-dealkylation sites (N-methyl/N-ethyl adjacent to an activating group) is 1. The van der Waals surface area contributed by atoms with Gasteiger partial charge in [-0.05, 0) is 35.9 Å². The minimum absolute atomic E-state index is 0.0477. The van der Waals surface area contributed by atoms with Crippen molar-refractivity contribution in [2.75, 3.05) is 13.6 Å². The quantitative estimate of drug-likeness (QED) is 0.867. The van der Waals surface area contributed by atoms with Gasteiger partial charge in [-0.25, -0.2) is 4.39 Å². The summed E-state index contributed by atoms with van der Waals surface area (Å²) in [5.41, 5.74) is 0.943. The van der Waals surface area contributed by atoms with Crippen molar-refractivity contribution in [2.24, 2.45) is 0 Å². The molecule has 6 heteroatoms. The molecule has 4 nitrogen and oxygen atoms in total. The number of rotatable bonds is 4. The lowest BCUT2D eigenvalue weighted by Crippen LogP contribution is -2.35. The molecule has 24 heavy (non-hydrogen) atoms. The molecule has 0 saturated carbocycles. The predicted octanol–water partition coefficient (Wildman–Crippen LogP) is 2.91. The summed E-state index contributed by atoms with van der Waals surface area (Å²) in [4.78, 5) is 26.9. The van der Waals surface area contributed by atoms with Crippen molar-refractivity contribution in [3.05, 3.63) is 53.2 Å². The molecule has 0 spiro atoms. The van der Waals surface area contributed by atoms with Crippen molar-refractivity contribution in [1.29, 1.82) is 0 Å². The second-order valence-corrected chi connectivity index (χ2v) is 6.84. The van der Waals surface area contributed by atoms with Crippen LogP contribution in [0.2, 0.25) is 0 Å². The van der Waals surface area contributed by atoms with Crippen molar-refractivity contribution >= 4 is 29.2 Å². The molecule has 1 atom stereocenters. The molecule has 2 amide bonds. The molecule has 2 heterocycles. The van der Waals surface area contributed by atoms with Crippen molar-refractivity contribution in [3.8, 4) is 10.4 Å². The number of halogens is 1. The normalized spacial score (nSPS) is 17.7. The minimum Gasteiger partial charge on any atom is -0.348 e. The van der Waals surface area contributed by atoms with Crippen LogP contribution in [0.1, 0.15) is 11.3 Å². The average Bonchev–Trinajstić information content (AvgIpc) is 3.13. The Labute approximate surface area is 143 Å². The molecule has 0 radical (unpaired) electrons. The van der Waals surface area contributed by atoms with Gasteiger partial charge < -0.3 is 10.2 Å². The molecule has 1 saturated heterocycles. The lowest BCUT2D eigenvalue weighted by Gasteiger charge is -2.10. The molecule has 1 aromatic carbocycles. The molecular formula is C18H17FN2O2S. The molecule has 1 aliphatic rings. The third-order valence-electron chi connectivity index (χ3n) is 3.84. The molecular weight excluding hydrogens is 327 g/mol. The van der Waals surface area contributed by atoms with E-state index in [9.17, 15) is 14.0 Å². The average molecular weight is 344 g/mol. The van der Waals surface area contributed by atoms with E-state index in [-0.39, 0.29) is 23.7 Å². The Hall–Kier alpha value is -2.47. The highest BCUT2D eigenvalue weighted by molar-refractivity contribution is 7.16. The minimum atomic E-state index is -0.261. The number of hydrogen-bond donors (Lipinski definition) is 1. The molecule has 124 valence electrons. The molecule has 2 aromatic rings. The van der Waals surface area contributed by atoms with Crippen LogP contribution in [0, 0.1) is 5.82 Å². The van der Waals surface area contributed by atoms with Gasteiger partial charge in [0.2, 0.25) is 11.8 Å². The van der Waals surface area contributed by atoms with Gasteiger partial charge in [0.25, 0.3) is 0 Å². The van der Waals surface area contributed by atoms with Gasteiger partial charge in [-0.3, -0.25) is 9.59 Å². The first-order valence-corrected chi connectivity index (χ1v) is 8.41. The van der Waals surface area contributed by atoms with Crippen LogP contribution < -0.4 is 5.32 Å². The van der Waals surface area contributed by atoms with Crippen LogP contribution in [0.4, 0.5) is 4.39 Å². The van der Waals surface area contributed by atoms with Crippen LogP contribution in [0.25, 0.3) is 16.5 Å². The van der Waals surface area contributed by atoms with E-state index in [0.717, 1.165) is 15.3 Å². The molecule has 3 rings (SSSR count). The van der Waals surface area contributed by atoms with Gasteiger partial charge >= 0.3 is 0 Å². The topological polar surface area (TPSA) is 49.4 Å². The SMILES string of the molecule is CN1CC(NC(=O)C=Cc2ccc(-c3ccc(F)cc3)s2)CC1=O. The van der Waals surface area contributed by atoms with E-state index in [0.29, 0.717) is 13.0 Å². The van der Waals surface area contributed by atoms with Crippen LogP contribution in [0.15, 0.2) is 42.5 Å². The Bertz CT molecular complexity index is 783. The maximum Gasteiger partial charge on any atom is 0.244 e. The van der Waals surface area contributed by atoms with Gasteiger partial charge in [-0.2, -0.15) is 0 Å². The Morgan fingerprint density at radius 3 is 2.71 bits per heavy atom. The van der Waals surface area contributed by atoms with E-state index in [1.54, 1.807) is 30.2 Å². The first kappa shape index (κ1) is 16.4. The van der Waals surface area contributed by atoms with Gasteiger partial charge in [0.05, 0.1) is 6.04 Å². The number of carbonyl (C=O) groups excluding carboxylic acids is 2. The van der Waals surface area contributed by atoms with E-state index >= 15 is 0 Å². The van der Waals surface area contributed by atoms with E-state index in [1.807, 2.05) is 12.1 Å². The maximum absolute atomic E-state index is 13.0. The number of thiophene rings is 1. The lowest BCUT2D eigenvalue weighted by molar-refractivity contribution is -0.126. The molecule has 1 N–H and O–H groups in total. The van der Waals surface area contributed by atoms with Gasteiger partial charge in [0.1, 0.15) is 5.82 Å². The van der Waals surface area contributed by atoms with E-state index in [2.05, 4.69) is 5.32 Å². The number of benzene rings is 1. The second-order valence-electron chi connectivity index (χ2n) is 5.73. The number of nitrogens with zero attached hydrogens (tertiary/aromatic N) is 1. The second kappa shape index (κ2) is 6.97. The standard InChI is InChI=1S/C18H17FN2O2S/c1-21-11-14(10-18(21)23)20-17(22)9-7-15-6-8-16(24-15)12-2-4-13(19)5-3-12/h2-9,14H,10-11H2,1H3,(H,20,22). The van der Waals surface area contributed by atoms with E-state index in [4.69, 9.17) is 0 Å². The largest absolute Gasteiger partial charge is 0.348 e. The van der Waals surface area contributed by atoms with Crippen molar-refractivity contribution in [2.45, 2.75) is 12.5 Å². The first-order valence-electron chi connectivity index (χ1n) is 7.59. The zero-order chi connectivity index (χ0) is 17.1. The summed E-state index contributed by atoms with van der Waals surface area (Å²) < 4.78 is 13.0. The number of nitrogens with one attached hydrogen (secondary N) is 1. The summed E-state index contributed by atoms with van der Waals surface area (Å²) in [5, 5.41) is 2.83. The van der Waals surface area contributed by atoms with E-state index in [1.165, 1.54) is 29.5 Å². The van der Waals surface area contributed by atoms with Crippen LogP contribution in [-0.2, 0) is 9.59 Å². The Morgan fingerprint density at radius 2 is 2.04 bits per heavy atom. The zero-order valence-corrected chi connectivity index (χ0v) is 14.0. The van der Waals surface area contributed by atoms with Crippen LogP contribution in [0.5, 0.6) is 0 Å². The number of amides is 2. The Balaban J connectivity index is 1.60. The summed E-state index contributed by atoms with van der Waals surface area (Å²) >= 11 is 1.53. The van der Waals surface area contributed by atoms with Crippen LogP contribution >= 0.6 is 11.3 Å².